The number of anilines is 1. The van der Waals surface area contributed by atoms with Gasteiger partial charge >= 0.3 is 0 Å². The van der Waals surface area contributed by atoms with E-state index >= 15 is 4.39 Å². The molecule has 1 aliphatic carbocycles. The molecule has 0 unspecified atom stereocenters. The van der Waals surface area contributed by atoms with Crippen molar-refractivity contribution in [2.75, 3.05) is 18.5 Å². The van der Waals surface area contributed by atoms with E-state index in [0.29, 0.717) is 25.0 Å². The molecule has 198 valence electrons. The molecule has 2 aliphatic rings. The summed E-state index contributed by atoms with van der Waals surface area (Å²) in [5.41, 5.74) is 1.85. The van der Waals surface area contributed by atoms with E-state index in [1.807, 2.05) is 13.8 Å². The third kappa shape index (κ3) is 5.39. The van der Waals surface area contributed by atoms with Crippen LogP contribution in [-0.2, 0) is 11.3 Å². The van der Waals surface area contributed by atoms with Gasteiger partial charge in [0.05, 0.1) is 24.9 Å². The van der Waals surface area contributed by atoms with Crippen LogP contribution < -0.4 is 10.6 Å². The van der Waals surface area contributed by atoms with Crippen LogP contribution in [0.4, 0.5) is 23.5 Å². The van der Waals surface area contributed by atoms with E-state index in [0.717, 1.165) is 17.3 Å². The molecule has 2 fully saturated rings. The predicted molar refractivity (Wildman–Crippen MR) is 130 cm³/mol. The van der Waals surface area contributed by atoms with Crippen LogP contribution in [0.5, 0.6) is 0 Å². The highest BCUT2D eigenvalue weighted by Gasteiger charge is 2.45. The Balaban J connectivity index is 1.49. The molecular formula is C26H29F4N5O2. The number of alkyl halides is 2. The van der Waals surface area contributed by atoms with Gasteiger partial charge in [-0.25, -0.2) is 27.5 Å². The maximum atomic E-state index is 15.2. The maximum Gasteiger partial charge on any atom is 0.251 e. The van der Waals surface area contributed by atoms with Crippen molar-refractivity contribution in [1.29, 1.82) is 0 Å². The summed E-state index contributed by atoms with van der Waals surface area (Å²) >= 11 is 0. The number of nitrogens with zero attached hydrogens (tertiary/aromatic N) is 3. The Labute approximate surface area is 211 Å². The number of pyridine rings is 1. The van der Waals surface area contributed by atoms with Gasteiger partial charge in [0.15, 0.2) is 5.82 Å². The number of nitrogens with one attached hydrogen (secondary N) is 2. The van der Waals surface area contributed by atoms with Gasteiger partial charge in [0, 0.05) is 49.2 Å². The summed E-state index contributed by atoms with van der Waals surface area (Å²) in [6, 6.07) is 2.19. The minimum Gasteiger partial charge on any atom is -0.389 e. The lowest BCUT2D eigenvalue weighted by Crippen LogP contribution is -2.48. The zero-order chi connectivity index (χ0) is 26.3. The fourth-order valence-electron chi connectivity index (χ4n) is 5.04. The lowest BCUT2D eigenvalue weighted by Gasteiger charge is -2.35. The van der Waals surface area contributed by atoms with Crippen molar-refractivity contribution in [3.05, 3.63) is 47.3 Å². The second-order valence-electron chi connectivity index (χ2n) is 10.1. The summed E-state index contributed by atoms with van der Waals surface area (Å²) in [6.45, 7) is 4.85. The van der Waals surface area contributed by atoms with Crippen molar-refractivity contribution in [2.24, 2.45) is 0 Å². The van der Waals surface area contributed by atoms with E-state index in [9.17, 15) is 18.3 Å². The summed E-state index contributed by atoms with van der Waals surface area (Å²) in [5.74, 6) is -3.90. The Bertz CT molecular complexity index is 1300. The highest BCUT2D eigenvalue weighted by atomic mass is 19.3. The molecule has 1 aromatic carbocycles. The fraction of sp³-hybridized carbons (Fsp3) is 0.500. The van der Waals surface area contributed by atoms with Crippen molar-refractivity contribution in [2.45, 2.75) is 69.7 Å². The van der Waals surface area contributed by atoms with Gasteiger partial charge in [-0.1, -0.05) is 13.8 Å². The van der Waals surface area contributed by atoms with Crippen LogP contribution in [0.15, 0.2) is 24.5 Å². The molecule has 0 bridgehead atoms. The van der Waals surface area contributed by atoms with Crippen LogP contribution in [0, 0.1) is 11.6 Å². The second kappa shape index (κ2) is 10.1. The average Bonchev–Trinajstić information content (AvgIpc) is 2.83. The van der Waals surface area contributed by atoms with Gasteiger partial charge in [-0.05, 0) is 35.6 Å². The molecule has 11 heteroatoms. The zero-order valence-corrected chi connectivity index (χ0v) is 20.6. The third-order valence-corrected chi connectivity index (χ3v) is 6.96. The molecule has 0 amide bonds. The largest absolute Gasteiger partial charge is 0.389 e. The molecule has 1 saturated carbocycles. The van der Waals surface area contributed by atoms with Crippen molar-refractivity contribution < 1.29 is 27.4 Å². The van der Waals surface area contributed by atoms with Crippen LogP contribution in [0.2, 0.25) is 0 Å². The number of hydrogen-bond donors (Lipinski definition) is 3. The Morgan fingerprint density at radius 1 is 1.14 bits per heavy atom. The molecular weight excluding hydrogens is 490 g/mol. The number of rotatable bonds is 7. The molecule has 7 nitrogen and oxygen atoms in total. The van der Waals surface area contributed by atoms with Gasteiger partial charge in [-0.2, -0.15) is 0 Å². The highest BCUT2D eigenvalue weighted by molar-refractivity contribution is 5.88. The van der Waals surface area contributed by atoms with Gasteiger partial charge in [-0.15, -0.1) is 0 Å². The maximum absolute atomic E-state index is 15.2. The van der Waals surface area contributed by atoms with E-state index in [1.54, 1.807) is 12.3 Å². The highest BCUT2D eigenvalue weighted by Crippen LogP contribution is 2.38. The number of halogens is 4. The Hall–Kier alpha value is -2.89. The molecule has 3 N–H and O–H groups in total. The first kappa shape index (κ1) is 25.7. The summed E-state index contributed by atoms with van der Waals surface area (Å²) < 4.78 is 61.8. The van der Waals surface area contributed by atoms with Crippen LogP contribution >= 0.6 is 0 Å². The number of aromatic nitrogens is 3. The molecule has 37 heavy (non-hydrogen) atoms. The normalized spacial score (nSPS) is 21.8. The van der Waals surface area contributed by atoms with Crippen LogP contribution in [0.3, 0.4) is 0 Å². The van der Waals surface area contributed by atoms with Crippen LogP contribution in [0.25, 0.3) is 22.2 Å². The van der Waals surface area contributed by atoms with E-state index in [1.165, 1.54) is 6.07 Å². The Kier molecular flexibility index (Phi) is 7.03. The molecule has 5 rings (SSSR count). The van der Waals surface area contributed by atoms with E-state index < -0.39 is 23.7 Å². The number of aliphatic hydroxyl groups is 1. The predicted octanol–water partition coefficient (Wildman–Crippen LogP) is 4.54. The van der Waals surface area contributed by atoms with E-state index in [4.69, 9.17) is 4.74 Å². The van der Waals surface area contributed by atoms with Gasteiger partial charge in [0.2, 0.25) is 5.95 Å². The molecule has 1 saturated heterocycles. The fourth-order valence-corrected chi connectivity index (χ4v) is 5.04. The van der Waals surface area contributed by atoms with Crippen molar-refractivity contribution in [1.82, 2.24) is 20.3 Å². The van der Waals surface area contributed by atoms with Gasteiger partial charge in [-0.3, -0.25) is 4.98 Å². The van der Waals surface area contributed by atoms with Gasteiger partial charge in [0.25, 0.3) is 5.92 Å². The van der Waals surface area contributed by atoms with Gasteiger partial charge in [0.1, 0.15) is 17.0 Å². The monoisotopic (exact) mass is 519 g/mol. The first-order chi connectivity index (χ1) is 17.6. The lowest BCUT2D eigenvalue weighted by atomic mass is 9.87. The second-order valence-corrected chi connectivity index (χ2v) is 10.1. The molecule has 0 spiro atoms. The molecule has 1 aliphatic heterocycles. The van der Waals surface area contributed by atoms with E-state index in [-0.39, 0.29) is 60.2 Å². The van der Waals surface area contributed by atoms with Crippen molar-refractivity contribution >= 4 is 16.9 Å². The standard InChI is InChI=1S/C26H29F4N5O2/c1-13(2)22-15(9-31-16-7-26(29,30)8-16)10-32-24-17(22)5-14(6-18(24)27)23-19(28)11-33-25(35-23)34-20-3-4-37-12-21(20)36/h5-6,10-11,13,16,20-21,31,36H,3-4,7-9,12H2,1-2H3,(H,33,34,35)/t20-,21+/m1/s1. The molecule has 2 atom stereocenters. The number of hydrogen-bond acceptors (Lipinski definition) is 7. The van der Waals surface area contributed by atoms with Crippen LogP contribution in [-0.4, -0.2) is 57.4 Å². The van der Waals surface area contributed by atoms with Crippen LogP contribution in [0.1, 0.15) is 50.2 Å². The van der Waals surface area contributed by atoms with Crippen molar-refractivity contribution in [3.63, 3.8) is 0 Å². The van der Waals surface area contributed by atoms with Crippen molar-refractivity contribution in [3.8, 4) is 11.3 Å². The molecule has 3 heterocycles. The summed E-state index contributed by atoms with van der Waals surface area (Å²) in [7, 11) is 0. The smallest absolute Gasteiger partial charge is 0.251 e. The number of ether oxygens (including phenoxy) is 1. The number of aliphatic hydroxyl groups excluding tert-OH is 1. The number of fused-ring (bicyclic) bond motifs is 1. The van der Waals surface area contributed by atoms with E-state index in [2.05, 4.69) is 25.6 Å². The lowest BCUT2D eigenvalue weighted by molar-refractivity contribution is -0.0930. The van der Waals surface area contributed by atoms with Gasteiger partial charge < -0.3 is 20.5 Å². The minimum absolute atomic E-state index is 0.0396. The molecule has 3 aromatic rings. The topological polar surface area (TPSA) is 92.2 Å². The average molecular weight is 520 g/mol. The molecule has 2 aromatic heterocycles. The first-order valence-corrected chi connectivity index (χ1v) is 12.4. The Morgan fingerprint density at radius 3 is 2.62 bits per heavy atom. The molecule has 0 radical (unpaired) electrons. The zero-order valence-electron chi connectivity index (χ0n) is 20.6. The minimum atomic E-state index is -2.63. The third-order valence-electron chi connectivity index (χ3n) is 6.96. The summed E-state index contributed by atoms with van der Waals surface area (Å²) in [4.78, 5) is 12.6. The SMILES string of the molecule is CC(C)c1c(CNC2CC(F)(F)C2)cnc2c(F)cc(-c3nc(N[C@@H]4CCOC[C@@H]4O)ncc3F)cc12. The quantitative estimate of drug-likeness (QED) is 0.395. The number of benzene rings is 1. The first-order valence-electron chi connectivity index (χ1n) is 12.4. The summed E-state index contributed by atoms with van der Waals surface area (Å²) in [6.07, 6.45) is 1.92. The summed E-state index contributed by atoms with van der Waals surface area (Å²) in [5, 5.41) is 16.8. The Morgan fingerprint density at radius 2 is 1.92 bits per heavy atom.